The van der Waals surface area contributed by atoms with Crippen LogP contribution in [0.5, 0.6) is 5.88 Å². The van der Waals surface area contributed by atoms with Gasteiger partial charge in [-0.2, -0.15) is 4.98 Å². The van der Waals surface area contributed by atoms with E-state index in [1.165, 1.54) is 11.8 Å². The summed E-state index contributed by atoms with van der Waals surface area (Å²) >= 11 is 1.41. The van der Waals surface area contributed by atoms with Crippen molar-refractivity contribution in [1.82, 2.24) is 15.1 Å². The number of para-hydroxylation sites is 1. The van der Waals surface area contributed by atoms with Crippen LogP contribution < -0.4 is 10.1 Å². The maximum atomic E-state index is 11.9. The molecule has 0 unspecified atom stereocenters. The van der Waals surface area contributed by atoms with Crippen LogP contribution in [0.3, 0.4) is 0 Å². The van der Waals surface area contributed by atoms with Crippen molar-refractivity contribution in [3.05, 3.63) is 36.1 Å². The monoisotopic (exact) mass is 330 g/mol. The third kappa shape index (κ3) is 3.59. The van der Waals surface area contributed by atoms with Crippen LogP contribution in [0.2, 0.25) is 0 Å². The van der Waals surface area contributed by atoms with Gasteiger partial charge in [-0.25, -0.2) is 4.98 Å². The highest BCUT2D eigenvalue weighted by molar-refractivity contribution is 7.98. The second kappa shape index (κ2) is 6.66. The summed E-state index contributed by atoms with van der Waals surface area (Å²) in [4.78, 5) is 20.6. The summed E-state index contributed by atoms with van der Waals surface area (Å²) in [5.74, 6) is 1.01. The van der Waals surface area contributed by atoms with Gasteiger partial charge in [0.1, 0.15) is 5.76 Å². The van der Waals surface area contributed by atoms with Crippen LogP contribution >= 0.6 is 11.8 Å². The van der Waals surface area contributed by atoms with Gasteiger partial charge in [0, 0.05) is 6.07 Å². The number of anilines is 1. The average Bonchev–Trinajstić information content (AvgIpc) is 2.97. The molecule has 1 N–H and O–H groups in total. The van der Waals surface area contributed by atoms with Crippen LogP contribution in [0.25, 0.3) is 10.9 Å². The van der Waals surface area contributed by atoms with Crippen LogP contribution in [0.4, 0.5) is 5.82 Å². The summed E-state index contributed by atoms with van der Waals surface area (Å²) in [6, 6.07) is 9.12. The highest BCUT2D eigenvalue weighted by Gasteiger charge is 2.11. The number of nitrogens with one attached hydrogen (secondary N) is 1. The molecule has 0 atom stereocenters. The summed E-state index contributed by atoms with van der Waals surface area (Å²) in [5, 5.41) is 7.64. The van der Waals surface area contributed by atoms with Gasteiger partial charge in [-0.3, -0.25) is 4.79 Å². The highest BCUT2D eigenvalue weighted by Crippen LogP contribution is 2.25. The summed E-state index contributed by atoms with van der Waals surface area (Å²) < 4.78 is 10.5. The van der Waals surface area contributed by atoms with Gasteiger partial charge in [-0.15, -0.1) is 0 Å². The summed E-state index contributed by atoms with van der Waals surface area (Å²) in [7, 11) is 0. The number of benzene rings is 1. The van der Waals surface area contributed by atoms with Gasteiger partial charge < -0.3 is 14.6 Å². The third-order valence-electron chi connectivity index (χ3n) is 2.97. The lowest BCUT2D eigenvalue weighted by Crippen LogP contribution is -2.20. The van der Waals surface area contributed by atoms with Gasteiger partial charge in [-0.1, -0.05) is 29.1 Å². The van der Waals surface area contributed by atoms with Crippen molar-refractivity contribution in [2.45, 2.75) is 12.1 Å². The SMILES string of the molecule is CSc1nc(OCC(=O)Nc2cc(C)on2)c2ccccc2n1. The number of hydrogen-bond donors (Lipinski definition) is 1. The van der Waals surface area contributed by atoms with Crippen LogP contribution in [-0.2, 0) is 4.79 Å². The molecule has 2 aromatic heterocycles. The Bertz CT molecular complexity index is 850. The van der Waals surface area contributed by atoms with E-state index in [1.807, 2.05) is 30.5 Å². The van der Waals surface area contributed by atoms with Crippen LogP contribution in [0, 0.1) is 6.92 Å². The van der Waals surface area contributed by atoms with Crippen molar-refractivity contribution in [1.29, 1.82) is 0 Å². The standard InChI is InChI=1S/C15H14N4O3S/c1-9-7-12(19-22-9)17-13(20)8-21-14-10-5-3-4-6-11(10)16-15(18-14)23-2/h3-7H,8H2,1-2H3,(H,17,19,20). The van der Waals surface area contributed by atoms with Gasteiger partial charge >= 0.3 is 0 Å². The molecule has 118 valence electrons. The minimum absolute atomic E-state index is 0.180. The Morgan fingerprint density at radius 1 is 1.35 bits per heavy atom. The van der Waals surface area contributed by atoms with Crippen LogP contribution in [-0.4, -0.2) is 33.9 Å². The van der Waals surface area contributed by atoms with E-state index in [9.17, 15) is 4.79 Å². The lowest BCUT2D eigenvalue weighted by atomic mass is 10.2. The summed E-state index contributed by atoms with van der Waals surface area (Å²) in [5.41, 5.74) is 0.773. The van der Waals surface area contributed by atoms with Crippen molar-refractivity contribution in [3.8, 4) is 5.88 Å². The molecule has 0 saturated heterocycles. The molecular weight excluding hydrogens is 316 g/mol. The predicted molar refractivity (Wildman–Crippen MR) is 86.7 cm³/mol. The normalized spacial score (nSPS) is 10.7. The topological polar surface area (TPSA) is 90.1 Å². The number of aromatic nitrogens is 3. The molecule has 0 bridgehead atoms. The zero-order chi connectivity index (χ0) is 16.2. The molecule has 0 radical (unpaired) electrons. The maximum Gasteiger partial charge on any atom is 0.263 e. The van der Waals surface area contributed by atoms with Gasteiger partial charge in [0.15, 0.2) is 17.6 Å². The number of carbonyl (C=O) groups excluding carboxylic acids is 1. The van der Waals surface area contributed by atoms with E-state index < -0.39 is 0 Å². The number of rotatable bonds is 5. The summed E-state index contributed by atoms with van der Waals surface area (Å²) in [6.07, 6.45) is 1.88. The first kappa shape index (κ1) is 15.3. The smallest absolute Gasteiger partial charge is 0.263 e. The van der Waals surface area contributed by atoms with Crippen molar-refractivity contribution >= 4 is 34.4 Å². The summed E-state index contributed by atoms with van der Waals surface area (Å²) in [6.45, 7) is 1.57. The third-order valence-corrected chi connectivity index (χ3v) is 3.51. The first-order chi connectivity index (χ1) is 11.2. The van der Waals surface area contributed by atoms with E-state index in [4.69, 9.17) is 9.26 Å². The molecule has 1 amide bonds. The van der Waals surface area contributed by atoms with Crippen molar-refractivity contribution < 1.29 is 14.1 Å². The fourth-order valence-electron chi connectivity index (χ4n) is 1.97. The number of fused-ring (bicyclic) bond motifs is 1. The Balaban J connectivity index is 1.74. The molecular formula is C15H14N4O3S. The van der Waals surface area contributed by atoms with Crippen molar-refractivity contribution in [2.75, 3.05) is 18.2 Å². The Morgan fingerprint density at radius 3 is 2.91 bits per heavy atom. The molecule has 0 aliphatic rings. The molecule has 3 rings (SSSR count). The Morgan fingerprint density at radius 2 is 2.17 bits per heavy atom. The molecule has 0 spiro atoms. The molecule has 0 aliphatic heterocycles. The zero-order valence-electron chi connectivity index (χ0n) is 12.6. The first-order valence-electron chi connectivity index (χ1n) is 6.82. The first-order valence-corrected chi connectivity index (χ1v) is 8.05. The maximum absolute atomic E-state index is 11.9. The molecule has 1 aromatic carbocycles. The van der Waals surface area contributed by atoms with Gasteiger partial charge in [0.2, 0.25) is 5.88 Å². The number of nitrogens with zero attached hydrogens (tertiary/aromatic N) is 3. The number of amides is 1. The van der Waals surface area contributed by atoms with E-state index in [2.05, 4.69) is 20.4 Å². The number of carbonyl (C=O) groups is 1. The van der Waals surface area contributed by atoms with E-state index in [0.717, 1.165) is 10.9 Å². The predicted octanol–water partition coefficient (Wildman–Crippen LogP) is 2.67. The molecule has 0 fully saturated rings. The van der Waals surface area contributed by atoms with Gasteiger partial charge in [-0.05, 0) is 25.3 Å². The average molecular weight is 330 g/mol. The zero-order valence-corrected chi connectivity index (χ0v) is 13.4. The minimum Gasteiger partial charge on any atom is -0.467 e. The molecule has 0 aliphatic carbocycles. The second-order valence-electron chi connectivity index (χ2n) is 4.69. The van der Waals surface area contributed by atoms with Crippen LogP contribution in [0.1, 0.15) is 5.76 Å². The lowest BCUT2D eigenvalue weighted by Gasteiger charge is -2.09. The lowest BCUT2D eigenvalue weighted by molar-refractivity contribution is -0.118. The highest BCUT2D eigenvalue weighted by atomic mass is 32.2. The number of ether oxygens (including phenoxy) is 1. The fourth-order valence-corrected chi connectivity index (χ4v) is 2.33. The molecule has 0 saturated carbocycles. The largest absolute Gasteiger partial charge is 0.467 e. The number of hydrogen-bond acceptors (Lipinski definition) is 7. The van der Waals surface area contributed by atoms with E-state index in [1.54, 1.807) is 13.0 Å². The molecule has 8 heteroatoms. The molecule has 23 heavy (non-hydrogen) atoms. The van der Waals surface area contributed by atoms with E-state index in [0.29, 0.717) is 22.6 Å². The number of thioether (sulfide) groups is 1. The van der Waals surface area contributed by atoms with E-state index in [-0.39, 0.29) is 12.5 Å². The Labute approximate surface area is 136 Å². The quantitative estimate of drug-likeness (QED) is 0.568. The molecule has 2 heterocycles. The Kier molecular flexibility index (Phi) is 4.42. The fraction of sp³-hybridized carbons (Fsp3) is 0.200. The van der Waals surface area contributed by atoms with E-state index >= 15 is 0 Å². The minimum atomic E-state index is -0.341. The van der Waals surface area contributed by atoms with Gasteiger partial charge in [0.05, 0.1) is 10.9 Å². The Hall–Kier alpha value is -2.61. The number of aryl methyl sites for hydroxylation is 1. The van der Waals surface area contributed by atoms with Crippen LogP contribution in [0.15, 0.2) is 40.0 Å². The second-order valence-corrected chi connectivity index (χ2v) is 5.47. The van der Waals surface area contributed by atoms with Crippen molar-refractivity contribution in [3.63, 3.8) is 0 Å². The molecule has 7 nitrogen and oxygen atoms in total. The molecule has 3 aromatic rings. The van der Waals surface area contributed by atoms with Crippen molar-refractivity contribution in [2.24, 2.45) is 0 Å². The van der Waals surface area contributed by atoms with Gasteiger partial charge in [0.25, 0.3) is 5.91 Å².